The standard InChI is InChI=1S/C84H73BN2S/c1-81(2,3)55-34-40-70-66(43-55)67-44-56(82(4,5)6)35-41-71(67)86(70)59-36-39-68-72(49-59)87(80-64(50-22-15-13-16-23-50)45-57(83(7,8)9)46-65(80)51-24-17-14-18-25-51)73-47-58(84(10,11)12)48-75-79(73)85(68)69-38-33-54(42-74(69)88-75)60-37-32-53-28-20-30-62-61-29-19-26-52-27-21-31-63(76(52)61)78(60)77(53)62/h13-49H,1-12H3. The van der Waals surface area contributed by atoms with E-state index in [1.807, 2.05) is 11.8 Å². The highest BCUT2D eigenvalue weighted by atomic mass is 32.2. The summed E-state index contributed by atoms with van der Waals surface area (Å²) in [5, 5.41) is 13.1. The summed E-state index contributed by atoms with van der Waals surface area (Å²) in [5.74, 6) is 0. The van der Waals surface area contributed by atoms with E-state index in [9.17, 15) is 0 Å². The van der Waals surface area contributed by atoms with Crippen molar-refractivity contribution < 1.29 is 0 Å². The molecule has 16 rings (SSSR count). The predicted octanol–water partition coefficient (Wildman–Crippen LogP) is 21.8. The van der Waals surface area contributed by atoms with Crippen molar-refractivity contribution in [3.05, 3.63) is 247 Å². The van der Waals surface area contributed by atoms with Crippen molar-refractivity contribution in [2.24, 2.45) is 0 Å². The van der Waals surface area contributed by atoms with Crippen LogP contribution in [0.1, 0.15) is 105 Å². The molecule has 428 valence electrons. The summed E-state index contributed by atoms with van der Waals surface area (Å²) in [4.78, 5) is 5.35. The molecule has 3 heterocycles. The molecule has 14 aromatic rings. The number of rotatable bonds is 5. The molecular weight excluding hydrogens is 1080 g/mol. The summed E-state index contributed by atoms with van der Waals surface area (Å²) < 4.78 is 2.56. The number of nitrogens with zero attached hydrogens (tertiary/aromatic N) is 2. The third-order valence-electron chi connectivity index (χ3n) is 19.6. The Morgan fingerprint density at radius 2 is 0.864 bits per heavy atom. The second kappa shape index (κ2) is 19.3. The Hall–Kier alpha value is -8.83. The molecule has 0 atom stereocenters. The molecule has 2 aliphatic heterocycles. The lowest BCUT2D eigenvalue weighted by molar-refractivity contribution is 0.589. The van der Waals surface area contributed by atoms with Gasteiger partial charge in [0, 0.05) is 48.8 Å². The Kier molecular flexibility index (Phi) is 12.0. The molecule has 1 aromatic heterocycles. The van der Waals surface area contributed by atoms with Gasteiger partial charge in [-0.25, -0.2) is 0 Å². The summed E-state index contributed by atoms with van der Waals surface area (Å²) in [7, 11) is 0. The molecule has 0 radical (unpaired) electrons. The molecule has 88 heavy (non-hydrogen) atoms. The fourth-order valence-corrected chi connectivity index (χ4v) is 16.1. The van der Waals surface area contributed by atoms with Gasteiger partial charge < -0.3 is 9.47 Å². The van der Waals surface area contributed by atoms with Crippen LogP contribution in [0.4, 0.5) is 17.1 Å². The van der Waals surface area contributed by atoms with E-state index in [1.54, 1.807) is 0 Å². The molecule has 0 saturated carbocycles. The number of anilines is 3. The maximum Gasteiger partial charge on any atom is 0.249 e. The molecule has 13 aromatic carbocycles. The molecule has 0 unspecified atom stereocenters. The van der Waals surface area contributed by atoms with Gasteiger partial charge in [-0.15, -0.1) is 0 Å². The van der Waals surface area contributed by atoms with E-state index in [0.29, 0.717) is 0 Å². The van der Waals surface area contributed by atoms with Crippen LogP contribution >= 0.6 is 11.8 Å². The maximum absolute atomic E-state index is 2.72. The Morgan fingerprint density at radius 3 is 1.44 bits per heavy atom. The number of fused-ring (bicyclic) bond motifs is 9. The number of hydrogen-bond donors (Lipinski definition) is 0. The zero-order valence-corrected chi connectivity index (χ0v) is 53.6. The second-order valence-electron chi connectivity index (χ2n) is 29.3. The molecule has 0 bridgehead atoms. The molecule has 0 fully saturated rings. The van der Waals surface area contributed by atoms with Crippen molar-refractivity contribution in [2.45, 2.75) is 115 Å². The minimum Gasteiger partial charge on any atom is -0.310 e. The van der Waals surface area contributed by atoms with E-state index in [2.05, 4.69) is 317 Å². The van der Waals surface area contributed by atoms with E-state index in [-0.39, 0.29) is 28.4 Å². The summed E-state index contributed by atoms with van der Waals surface area (Å²) in [6.07, 6.45) is 0. The van der Waals surface area contributed by atoms with Gasteiger partial charge in [0.1, 0.15) is 0 Å². The van der Waals surface area contributed by atoms with Crippen molar-refractivity contribution in [3.63, 3.8) is 0 Å². The fourth-order valence-electron chi connectivity index (χ4n) is 14.8. The number of aromatic nitrogens is 1. The first-order valence-corrected chi connectivity index (χ1v) is 32.4. The topological polar surface area (TPSA) is 8.17 Å². The molecule has 0 amide bonds. The monoisotopic (exact) mass is 1150 g/mol. The number of hydrogen-bond acceptors (Lipinski definition) is 2. The number of benzene rings is 13. The first-order chi connectivity index (χ1) is 42.2. The third kappa shape index (κ3) is 8.45. The third-order valence-corrected chi connectivity index (χ3v) is 20.7. The van der Waals surface area contributed by atoms with Crippen molar-refractivity contribution in [1.29, 1.82) is 0 Å². The van der Waals surface area contributed by atoms with Crippen molar-refractivity contribution in [2.75, 3.05) is 4.90 Å². The van der Waals surface area contributed by atoms with Gasteiger partial charge in [-0.2, -0.15) is 0 Å². The average molecular weight is 1150 g/mol. The van der Waals surface area contributed by atoms with Crippen LogP contribution in [-0.4, -0.2) is 11.3 Å². The Balaban J connectivity index is 1.01. The quantitative estimate of drug-likeness (QED) is 0.0964. The summed E-state index contributed by atoms with van der Waals surface area (Å²) in [5.41, 5.74) is 23.5. The van der Waals surface area contributed by atoms with Crippen LogP contribution in [0.5, 0.6) is 0 Å². The van der Waals surface area contributed by atoms with Gasteiger partial charge >= 0.3 is 0 Å². The van der Waals surface area contributed by atoms with Gasteiger partial charge in [-0.05, 0) is 187 Å². The molecule has 2 nitrogen and oxygen atoms in total. The highest BCUT2D eigenvalue weighted by Gasteiger charge is 2.44. The normalized spacial score (nSPS) is 13.6. The fraction of sp³-hybridized carbons (Fsp3) is 0.190. The minimum atomic E-state index is -0.165. The van der Waals surface area contributed by atoms with E-state index in [1.165, 1.54) is 164 Å². The van der Waals surface area contributed by atoms with E-state index < -0.39 is 0 Å². The van der Waals surface area contributed by atoms with Crippen LogP contribution in [0.25, 0.3) is 104 Å². The first-order valence-electron chi connectivity index (χ1n) is 31.6. The summed E-state index contributed by atoms with van der Waals surface area (Å²) in [6, 6.07) is 87.2. The molecule has 0 aliphatic carbocycles. The lowest BCUT2D eigenvalue weighted by Crippen LogP contribution is -2.60. The Labute approximate surface area is 523 Å². The van der Waals surface area contributed by atoms with Crippen molar-refractivity contribution in [1.82, 2.24) is 4.57 Å². The van der Waals surface area contributed by atoms with Crippen LogP contribution in [0, 0.1) is 0 Å². The molecule has 4 heteroatoms. The second-order valence-corrected chi connectivity index (χ2v) is 30.4. The lowest BCUT2D eigenvalue weighted by atomic mass is 9.34. The summed E-state index contributed by atoms with van der Waals surface area (Å²) >= 11 is 1.96. The van der Waals surface area contributed by atoms with Gasteiger partial charge in [0.2, 0.25) is 6.71 Å². The SMILES string of the molecule is CC(C)(C)c1cc(-c2ccccc2)c(N2c3cc(-n4c5ccc(C(C)(C)C)cc5c5cc(C(C)(C)C)ccc54)ccc3B3c4ccc(-c5ccc6cccc7c8cccc9cccc(c5c67)c98)cc4Sc4cc(C(C)(C)C)cc2c43)c(-c2ccccc2)c1. The van der Waals surface area contributed by atoms with E-state index in [4.69, 9.17) is 0 Å². The molecular formula is C84H73BN2S. The predicted molar refractivity (Wildman–Crippen MR) is 383 cm³/mol. The minimum absolute atomic E-state index is 0.0180. The van der Waals surface area contributed by atoms with E-state index >= 15 is 0 Å². The van der Waals surface area contributed by atoms with Crippen LogP contribution < -0.4 is 21.3 Å². The highest BCUT2D eigenvalue weighted by molar-refractivity contribution is 8.00. The zero-order valence-electron chi connectivity index (χ0n) is 52.7. The first kappa shape index (κ1) is 54.6. The van der Waals surface area contributed by atoms with Crippen molar-refractivity contribution in [3.8, 4) is 39.1 Å². The maximum atomic E-state index is 2.72. The highest BCUT2D eigenvalue weighted by Crippen LogP contribution is 2.53. The lowest BCUT2D eigenvalue weighted by Gasteiger charge is -2.43. The molecule has 0 spiro atoms. The van der Waals surface area contributed by atoms with Crippen LogP contribution in [-0.2, 0) is 21.7 Å². The molecule has 0 saturated heterocycles. The average Bonchev–Trinajstić information content (AvgIpc) is 0.735. The van der Waals surface area contributed by atoms with Crippen molar-refractivity contribution >= 4 is 117 Å². The van der Waals surface area contributed by atoms with Gasteiger partial charge in [-0.1, -0.05) is 258 Å². The molecule has 0 N–H and O–H groups in total. The largest absolute Gasteiger partial charge is 0.310 e. The smallest absolute Gasteiger partial charge is 0.249 e. The Morgan fingerprint density at radius 1 is 0.330 bits per heavy atom. The Bertz CT molecular complexity index is 5080. The molecule has 2 aliphatic rings. The zero-order chi connectivity index (χ0) is 60.5. The van der Waals surface area contributed by atoms with E-state index in [0.717, 1.165) is 5.69 Å². The summed E-state index contributed by atoms with van der Waals surface area (Å²) in [6.45, 7) is 28.2. The van der Waals surface area contributed by atoms with Gasteiger partial charge in [0.15, 0.2) is 0 Å². The van der Waals surface area contributed by atoms with Crippen LogP contribution in [0.15, 0.2) is 234 Å². The van der Waals surface area contributed by atoms with Gasteiger partial charge in [0.05, 0.1) is 16.7 Å². The van der Waals surface area contributed by atoms with Gasteiger partial charge in [-0.3, -0.25) is 0 Å². The van der Waals surface area contributed by atoms with Gasteiger partial charge in [0.25, 0.3) is 0 Å². The van der Waals surface area contributed by atoms with Crippen LogP contribution in [0.3, 0.4) is 0 Å². The van der Waals surface area contributed by atoms with Crippen LogP contribution in [0.2, 0.25) is 0 Å².